The molecule has 0 aliphatic rings. The van der Waals surface area contributed by atoms with Gasteiger partial charge in [0.1, 0.15) is 5.03 Å². The summed E-state index contributed by atoms with van der Waals surface area (Å²) in [7, 11) is 1.54. The number of halogens is 3. The van der Waals surface area contributed by atoms with E-state index in [4.69, 9.17) is 0 Å². The van der Waals surface area contributed by atoms with Crippen molar-refractivity contribution in [1.29, 1.82) is 0 Å². The smallest absolute Gasteiger partial charge is 0.168 e. The second-order valence-electron chi connectivity index (χ2n) is 3.42. The van der Waals surface area contributed by atoms with Gasteiger partial charge in [-0.2, -0.15) is 0 Å². The Morgan fingerprint density at radius 2 is 2.00 bits per heavy atom. The van der Waals surface area contributed by atoms with Gasteiger partial charge < -0.3 is 5.32 Å². The van der Waals surface area contributed by atoms with Crippen molar-refractivity contribution in [2.75, 3.05) is 12.4 Å². The van der Waals surface area contributed by atoms with E-state index in [-0.39, 0.29) is 10.8 Å². The molecule has 2 rings (SSSR count). The summed E-state index contributed by atoms with van der Waals surface area (Å²) in [6, 6.07) is 8.22. The van der Waals surface area contributed by atoms with Gasteiger partial charge in [-0.1, -0.05) is 33.8 Å². The van der Waals surface area contributed by atoms with E-state index >= 15 is 0 Å². The number of benzene rings is 1. The molecule has 0 atom stereocenters. The Balaban J connectivity index is 2.34. The number of nitrogens with zero attached hydrogens (tertiary/aromatic N) is 1. The van der Waals surface area contributed by atoms with E-state index in [0.717, 1.165) is 27.2 Å². The first kappa shape index (κ1) is 13.3. The molecule has 1 N–H and O–H groups in total. The van der Waals surface area contributed by atoms with Gasteiger partial charge in [0.25, 0.3) is 0 Å². The molecule has 0 saturated heterocycles. The minimum absolute atomic E-state index is 0.0360. The molecule has 6 heteroatoms. The molecule has 2 aromatic rings. The number of nitrogens with one attached hydrogen (secondary N) is 1. The van der Waals surface area contributed by atoms with E-state index < -0.39 is 11.6 Å². The summed E-state index contributed by atoms with van der Waals surface area (Å²) in [5.74, 6) is -1.33. The van der Waals surface area contributed by atoms with Crippen molar-refractivity contribution in [3.05, 3.63) is 46.4 Å². The summed E-state index contributed by atoms with van der Waals surface area (Å²) < 4.78 is 27.7. The number of rotatable bonds is 3. The molecule has 0 unspecified atom stereocenters. The largest absolute Gasteiger partial charge is 0.371 e. The van der Waals surface area contributed by atoms with E-state index in [1.807, 2.05) is 24.3 Å². The Labute approximate surface area is 116 Å². The van der Waals surface area contributed by atoms with Gasteiger partial charge in [0.2, 0.25) is 0 Å². The Hall–Kier alpha value is -1.14. The summed E-state index contributed by atoms with van der Waals surface area (Å²) in [6.07, 6.45) is 0. The van der Waals surface area contributed by atoms with E-state index in [2.05, 4.69) is 26.2 Å². The zero-order valence-electron chi connectivity index (χ0n) is 9.38. The van der Waals surface area contributed by atoms with Gasteiger partial charge >= 0.3 is 0 Å². The van der Waals surface area contributed by atoms with E-state index in [1.54, 1.807) is 0 Å². The molecule has 0 fully saturated rings. The summed E-state index contributed by atoms with van der Waals surface area (Å²) in [5, 5.41) is 2.72. The summed E-state index contributed by atoms with van der Waals surface area (Å²) in [6.45, 7) is 0. The van der Waals surface area contributed by atoms with Crippen LogP contribution in [0.5, 0.6) is 0 Å². The van der Waals surface area contributed by atoms with Gasteiger partial charge in [-0.15, -0.1) is 0 Å². The fraction of sp³-hybridized carbons (Fsp3) is 0.0833. The van der Waals surface area contributed by atoms with Crippen molar-refractivity contribution >= 4 is 33.5 Å². The van der Waals surface area contributed by atoms with Crippen LogP contribution in [0.15, 0.2) is 44.7 Å². The van der Waals surface area contributed by atoms with Gasteiger partial charge in [-0.05, 0) is 18.2 Å². The number of hydrogen-bond acceptors (Lipinski definition) is 3. The van der Waals surface area contributed by atoms with E-state index in [1.165, 1.54) is 7.05 Å². The molecule has 0 aliphatic carbocycles. The molecule has 0 spiro atoms. The molecule has 1 heterocycles. The third kappa shape index (κ3) is 3.00. The van der Waals surface area contributed by atoms with Crippen LogP contribution in [0.4, 0.5) is 14.6 Å². The number of pyridine rings is 1. The second-order valence-corrected chi connectivity index (χ2v) is 5.39. The highest BCUT2D eigenvalue weighted by molar-refractivity contribution is 9.10. The highest BCUT2D eigenvalue weighted by Gasteiger charge is 2.12. The zero-order chi connectivity index (χ0) is 13.1. The lowest BCUT2D eigenvalue weighted by atomic mass is 10.4. The van der Waals surface area contributed by atoms with Gasteiger partial charge in [0.15, 0.2) is 17.5 Å². The first-order chi connectivity index (χ1) is 8.60. The topological polar surface area (TPSA) is 24.9 Å². The maximum Gasteiger partial charge on any atom is 0.168 e. The van der Waals surface area contributed by atoms with Crippen molar-refractivity contribution in [3.63, 3.8) is 0 Å². The molecule has 0 saturated carbocycles. The Morgan fingerprint density at radius 1 is 1.22 bits per heavy atom. The molecule has 2 nitrogen and oxygen atoms in total. The molecule has 18 heavy (non-hydrogen) atoms. The minimum atomic E-state index is -0.700. The molecular formula is C12H9BrF2N2S. The van der Waals surface area contributed by atoms with E-state index in [0.29, 0.717) is 0 Å². The SMILES string of the molecule is CNc1nc(Sc2cccc(Br)c2)c(F)cc1F. The summed E-state index contributed by atoms with van der Waals surface area (Å²) in [4.78, 5) is 4.73. The molecule has 0 amide bonds. The molecule has 1 aromatic carbocycles. The van der Waals surface area contributed by atoms with Crippen LogP contribution >= 0.6 is 27.7 Å². The van der Waals surface area contributed by atoms with Crippen molar-refractivity contribution in [3.8, 4) is 0 Å². The zero-order valence-corrected chi connectivity index (χ0v) is 11.8. The quantitative estimate of drug-likeness (QED) is 0.907. The van der Waals surface area contributed by atoms with Gasteiger partial charge in [0.05, 0.1) is 0 Å². The van der Waals surface area contributed by atoms with Crippen LogP contribution in [0.2, 0.25) is 0 Å². The maximum atomic E-state index is 13.6. The van der Waals surface area contributed by atoms with Gasteiger partial charge in [0, 0.05) is 22.5 Å². The monoisotopic (exact) mass is 330 g/mol. The lowest BCUT2D eigenvalue weighted by Gasteiger charge is -2.06. The summed E-state index contributed by atoms with van der Waals surface area (Å²) in [5.41, 5.74) is 0. The lowest BCUT2D eigenvalue weighted by molar-refractivity contribution is 0.551. The fourth-order valence-electron chi connectivity index (χ4n) is 1.34. The fourth-order valence-corrected chi connectivity index (χ4v) is 2.74. The third-order valence-corrected chi connectivity index (χ3v) is 3.61. The van der Waals surface area contributed by atoms with Crippen molar-refractivity contribution in [1.82, 2.24) is 4.98 Å². The summed E-state index contributed by atoms with van der Waals surface area (Å²) >= 11 is 4.48. The van der Waals surface area contributed by atoms with Crippen LogP contribution in [0.25, 0.3) is 0 Å². The van der Waals surface area contributed by atoms with Crippen LogP contribution in [-0.4, -0.2) is 12.0 Å². The third-order valence-electron chi connectivity index (χ3n) is 2.14. The normalized spacial score (nSPS) is 10.4. The molecule has 94 valence electrons. The van der Waals surface area contributed by atoms with Crippen molar-refractivity contribution in [2.24, 2.45) is 0 Å². The van der Waals surface area contributed by atoms with Crippen molar-refractivity contribution in [2.45, 2.75) is 9.92 Å². The molecule has 0 radical (unpaired) electrons. The first-order valence-corrected chi connectivity index (χ1v) is 6.68. The predicted molar refractivity (Wildman–Crippen MR) is 72.0 cm³/mol. The lowest BCUT2D eigenvalue weighted by Crippen LogP contribution is -1.99. The Kier molecular flexibility index (Phi) is 4.19. The second kappa shape index (κ2) is 5.67. The van der Waals surface area contributed by atoms with Crippen LogP contribution in [0.3, 0.4) is 0 Å². The average Bonchev–Trinajstić information content (AvgIpc) is 2.33. The number of aromatic nitrogens is 1. The molecule has 0 bridgehead atoms. The first-order valence-electron chi connectivity index (χ1n) is 5.07. The van der Waals surface area contributed by atoms with Crippen LogP contribution in [0.1, 0.15) is 0 Å². The Bertz CT molecular complexity index is 578. The van der Waals surface area contributed by atoms with E-state index in [9.17, 15) is 8.78 Å². The highest BCUT2D eigenvalue weighted by Crippen LogP contribution is 2.31. The molecule has 1 aromatic heterocycles. The minimum Gasteiger partial charge on any atom is -0.371 e. The molecular weight excluding hydrogens is 322 g/mol. The van der Waals surface area contributed by atoms with Gasteiger partial charge in [-0.25, -0.2) is 13.8 Å². The standard InChI is InChI=1S/C12H9BrF2N2S/c1-16-11-9(14)6-10(15)12(17-11)18-8-4-2-3-7(13)5-8/h2-6H,1H3,(H,16,17). The average molecular weight is 331 g/mol. The molecule has 0 aliphatic heterocycles. The van der Waals surface area contributed by atoms with Crippen LogP contribution in [-0.2, 0) is 0 Å². The van der Waals surface area contributed by atoms with Crippen LogP contribution in [0, 0.1) is 11.6 Å². The Morgan fingerprint density at radius 3 is 2.67 bits per heavy atom. The van der Waals surface area contributed by atoms with Crippen LogP contribution < -0.4 is 5.32 Å². The highest BCUT2D eigenvalue weighted by atomic mass is 79.9. The maximum absolute atomic E-state index is 13.6. The van der Waals surface area contributed by atoms with Crippen molar-refractivity contribution < 1.29 is 8.78 Å². The number of hydrogen-bond donors (Lipinski definition) is 1. The number of anilines is 1. The van der Waals surface area contributed by atoms with Gasteiger partial charge in [-0.3, -0.25) is 0 Å². The predicted octanol–water partition coefficient (Wildman–Crippen LogP) is 4.32.